The number of nitrogens with zero attached hydrogens (tertiary/aromatic N) is 1. The van der Waals surface area contributed by atoms with Gasteiger partial charge in [0, 0.05) is 17.1 Å². The van der Waals surface area contributed by atoms with Gasteiger partial charge in [0.15, 0.2) is 5.11 Å². The second kappa shape index (κ2) is 8.35. The molecule has 19 heavy (non-hydrogen) atoms. The first-order chi connectivity index (χ1) is 9.04. The van der Waals surface area contributed by atoms with Crippen LogP contribution in [0.2, 0.25) is 10.0 Å². The van der Waals surface area contributed by atoms with Crippen LogP contribution in [0.25, 0.3) is 0 Å². The second-order valence-electron chi connectivity index (χ2n) is 4.04. The van der Waals surface area contributed by atoms with Crippen molar-refractivity contribution in [3.8, 4) is 0 Å². The third-order valence-corrected chi connectivity index (χ3v) is 3.25. The van der Waals surface area contributed by atoms with Crippen LogP contribution in [0.1, 0.15) is 32.3 Å². The quantitative estimate of drug-likeness (QED) is 0.373. The number of benzene rings is 1. The van der Waals surface area contributed by atoms with E-state index in [-0.39, 0.29) is 0 Å². The first kappa shape index (κ1) is 16.2. The van der Waals surface area contributed by atoms with E-state index in [1.54, 1.807) is 12.1 Å². The van der Waals surface area contributed by atoms with E-state index in [1.807, 2.05) is 13.0 Å². The van der Waals surface area contributed by atoms with E-state index in [1.165, 1.54) is 0 Å². The molecule has 0 aliphatic rings. The molecule has 0 heterocycles. The first-order valence-corrected chi connectivity index (χ1v) is 7.24. The monoisotopic (exact) mass is 317 g/mol. The van der Waals surface area contributed by atoms with Crippen LogP contribution in [-0.4, -0.2) is 17.4 Å². The lowest BCUT2D eigenvalue weighted by Crippen LogP contribution is -2.33. The lowest BCUT2D eigenvalue weighted by atomic mass is 10.1. The zero-order valence-electron chi connectivity index (χ0n) is 11.0. The molecule has 0 aliphatic heterocycles. The van der Waals surface area contributed by atoms with Crippen molar-refractivity contribution in [2.45, 2.75) is 26.7 Å². The zero-order chi connectivity index (χ0) is 14.3. The lowest BCUT2D eigenvalue weighted by Gasteiger charge is -2.08. The van der Waals surface area contributed by atoms with Crippen LogP contribution in [0.3, 0.4) is 0 Å². The van der Waals surface area contributed by atoms with Crippen LogP contribution < -0.4 is 10.7 Å². The third kappa shape index (κ3) is 5.76. The summed E-state index contributed by atoms with van der Waals surface area (Å²) in [5.74, 6) is 0. The van der Waals surface area contributed by atoms with Gasteiger partial charge >= 0.3 is 0 Å². The molecule has 0 unspecified atom stereocenters. The smallest absolute Gasteiger partial charge is 0.186 e. The molecule has 0 spiro atoms. The maximum absolute atomic E-state index is 6.10. The van der Waals surface area contributed by atoms with Gasteiger partial charge < -0.3 is 5.32 Å². The molecule has 0 amide bonds. The topological polar surface area (TPSA) is 36.4 Å². The Bertz CT molecular complexity index is 475. The molecular weight excluding hydrogens is 301 g/mol. The Labute approximate surface area is 129 Å². The molecule has 0 fully saturated rings. The van der Waals surface area contributed by atoms with Crippen LogP contribution >= 0.6 is 35.4 Å². The highest BCUT2D eigenvalue weighted by Gasteiger charge is 2.04. The molecule has 0 bridgehead atoms. The number of hydrazone groups is 1. The molecule has 104 valence electrons. The van der Waals surface area contributed by atoms with Crippen molar-refractivity contribution in [1.29, 1.82) is 0 Å². The van der Waals surface area contributed by atoms with Gasteiger partial charge in [-0.3, -0.25) is 5.43 Å². The SMILES string of the molecule is CCCCNC(=S)N/N=C(/C)c1ccc(Cl)cc1Cl. The third-order valence-electron chi connectivity index (χ3n) is 2.46. The summed E-state index contributed by atoms with van der Waals surface area (Å²) in [6.45, 7) is 4.83. The minimum Gasteiger partial charge on any atom is -0.361 e. The van der Waals surface area contributed by atoms with Crippen molar-refractivity contribution in [3.05, 3.63) is 33.8 Å². The van der Waals surface area contributed by atoms with Crippen LogP contribution in [0.5, 0.6) is 0 Å². The summed E-state index contributed by atoms with van der Waals surface area (Å²) in [6.07, 6.45) is 2.20. The molecule has 1 aromatic carbocycles. The van der Waals surface area contributed by atoms with Crippen molar-refractivity contribution in [3.63, 3.8) is 0 Å². The molecule has 3 nitrogen and oxygen atoms in total. The molecule has 0 aliphatic carbocycles. The maximum Gasteiger partial charge on any atom is 0.186 e. The summed E-state index contributed by atoms with van der Waals surface area (Å²) in [6, 6.07) is 5.30. The first-order valence-electron chi connectivity index (χ1n) is 6.08. The zero-order valence-corrected chi connectivity index (χ0v) is 13.3. The highest BCUT2D eigenvalue weighted by molar-refractivity contribution is 7.80. The normalized spacial score (nSPS) is 11.3. The maximum atomic E-state index is 6.10. The largest absolute Gasteiger partial charge is 0.361 e. The Balaban J connectivity index is 2.59. The van der Waals surface area contributed by atoms with E-state index in [2.05, 4.69) is 22.8 Å². The second-order valence-corrected chi connectivity index (χ2v) is 5.29. The van der Waals surface area contributed by atoms with Gasteiger partial charge in [-0.05, 0) is 37.7 Å². The summed E-state index contributed by atoms with van der Waals surface area (Å²) in [4.78, 5) is 0. The Hall–Kier alpha value is -0.840. The van der Waals surface area contributed by atoms with Crippen molar-refractivity contribution in [2.75, 3.05) is 6.54 Å². The Kier molecular flexibility index (Phi) is 7.13. The summed E-state index contributed by atoms with van der Waals surface area (Å²) in [5, 5.41) is 8.96. The fourth-order valence-corrected chi connectivity index (χ4v) is 2.09. The number of hydrogen-bond donors (Lipinski definition) is 2. The molecular formula is C13H17Cl2N3S. The average Bonchev–Trinajstić information content (AvgIpc) is 2.36. The van der Waals surface area contributed by atoms with Crippen LogP contribution in [0.4, 0.5) is 0 Å². The Morgan fingerprint density at radius 1 is 1.37 bits per heavy atom. The molecule has 2 N–H and O–H groups in total. The summed E-state index contributed by atoms with van der Waals surface area (Å²) in [7, 11) is 0. The fourth-order valence-electron chi connectivity index (χ4n) is 1.40. The number of halogens is 2. The minimum atomic E-state index is 0.512. The number of nitrogens with one attached hydrogen (secondary N) is 2. The standard InChI is InChI=1S/C13H17Cl2N3S/c1-3-4-7-16-13(19)18-17-9(2)11-6-5-10(14)8-12(11)15/h5-6,8H,3-4,7H2,1-2H3,(H2,16,18,19)/b17-9-. The van der Waals surface area contributed by atoms with E-state index in [0.717, 1.165) is 30.7 Å². The van der Waals surface area contributed by atoms with Gasteiger partial charge in [-0.15, -0.1) is 0 Å². The molecule has 0 saturated heterocycles. The number of unbranched alkanes of at least 4 members (excludes halogenated alkanes) is 1. The molecule has 0 atom stereocenters. The predicted molar refractivity (Wildman–Crippen MR) is 87.3 cm³/mol. The number of hydrogen-bond acceptors (Lipinski definition) is 2. The van der Waals surface area contributed by atoms with Crippen LogP contribution in [0.15, 0.2) is 23.3 Å². The van der Waals surface area contributed by atoms with Gasteiger partial charge in [-0.2, -0.15) is 5.10 Å². The molecule has 6 heteroatoms. The van der Waals surface area contributed by atoms with E-state index in [4.69, 9.17) is 35.4 Å². The highest BCUT2D eigenvalue weighted by atomic mass is 35.5. The minimum absolute atomic E-state index is 0.512. The van der Waals surface area contributed by atoms with Crippen molar-refractivity contribution >= 4 is 46.2 Å². The number of rotatable bonds is 5. The van der Waals surface area contributed by atoms with Gasteiger partial charge in [0.1, 0.15) is 0 Å². The summed E-state index contributed by atoms with van der Waals surface area (Å²) >= 11 is 17.1. The lowest BCUT2D eigenvalue weighted by molar-refractivity contribution is 0.745. The van der Waals surface area contributed by atoms with E-state index >= 15 is 0 Å². The van der Waals surface area contributed by atoms with Gasteiger partial charge in [0.25, 0.3) is 0 Å². The molecule has 1 aromatic rings. The van der Waals surface area contributed by atoms with Crippen molar-refractivity contribution < 1.29 is 0 Å². The fraction of sp³-hybridized carbons (Fsp3) is 0.385. The van der Waals surface area contributed by atoms with E-state index in [0.29, 0.717) is 15.2 Å². The molecule has 0 aromatic heterocycles. The van der Waals surface area contributed by atoms with Crippen molar-refractivity contribution in [2.24, 2.45) is 5.10 Å². The van der Waals surface area contributed by atoms with E-state index in [9.17, 15) is 0 Å². The molecule has 1 rings (SSSR count). The number of thiocarbonyl (C=S) groups is 1. The average molecular weight is 318 g/mol. The molecule has 0 saturated carbocycles. The summed E-state index contributed by atoms with van der Waals surface area (Å²) < 4.78 is 0. The van der Waals surface area contributed by atoms with Gasteiger partial charge in [-0.25, -0.2) is 0 Å². The van der Waals surface area contributed by atoms with Gasteiger partial charge in [0.2, 0.25) is 0 Å². The highest BCUT2D eigenvalue weighted by Crippen LogP contribution is 2.21. The van der Waals surface area contributed by atoms with Crippen LogP contribution in [0, 0.1) is 0 Å². The van der Waals surface area contributed by atoms with Crippen LogP contribution in [-0.2, 0) is 0 Å². The molecule has 0 radical (unpaired) electrons. The van der Waals surface area contributed by atoms with Gasteiger partial charge in [0.05, 0.1) is 10.7 Å². The summed E-state index contributed by atoms with van der Waals surface area (Å²) in [5.41, 5.74) is 4.38. The van der Waals surface area contributed by atoms with E-state index < -0.39 is 0 Å². The predicted octanol–water partition coefficient (Wildman–Crippen LogP) is 3.98. The Morgan fingerprint density at radius 2 is 2.11 bits per heavy atom. The van der Waals surface area contributed by atoms with Crippen molar-refractivity contribution in [1.82, 2.24) is 10.7 Å². The van der Waals surface area contributed by atoms with Gasteiger partial charge in [-0.1, -0.05) is 42.6 Å². The Morgan fingerprint density at radius 3 is 2.74 bits per heavy atom.